The Bertz CT molecular complexity index is 334. The van der Waals surface area contributed by atoms with Crippen molar-refractivity contribution in [3.05, 3.63) is 29.3 Å². The Hall–Kier alpha value is -0.726. The largest absolute Gasteiger partial charge is 0.493 e. The molecular weight excluding hydrogens is 203 g/mol. The number of rotatable bonds is 1. The molecular formula is C10H10O2V. The van der Waals surface area contributed by atoms with Crippen LogP contribution in [0.4, 0.5) is 0 Å². The van der Waals surface area contributed by atoms with Crippen molar-refractivity contribution in [3.63, 3.8) is 0 Å². The molecule has 2 rings (SSSR count). The Labute approximate surface area is 89.2 Å². The van der Waals surface area contributed by atoms with Gasteiger partial charge in [0.05, 0.1) is 6.61 Å². The zero-order valence-corrected chi connectivity index (χ0v) is 8.81. The van der Waals surface area contributed by atoms with Crippen molar-refractivity contribution in [2.24, 2.45) is 0 Å². The summed E-state index contributed by atoms with van der Waals surface area (Å²) in [5.41, 5.74) is 1.93. The number of hydrogen-bond donors (Lipinski definition) is 0. The molecule has 1 radical (unpaired) electrons. The predicted octanol–water partition coefficient (Wildman–Crippen LogP) is 1.82. The second kappa shape index (κ2) is 3.99. The first kappa shape index (κ1) is 10.4. The van der Waals surface area contributed by atoms with E-state index in [2.05, 4.69) is 0 Å². The number of ether oxygens (including phenoxy) is 1. The smallest absolute Gasteiger partial charge is 0.159 e. The van der Waals surface area contributed by atoms with Crippen LogP contribution in [0.1, 0.15) is 22.8 Å². The number of Topliss-reactive ketones (excluding diaryl/α,β-unsaturated/α-hetero) is 1. The number of carbonyl (C=O) groups is 1. The molecule has 0 aromatic heterocycles. The molecule has 1 heterocycles. The van der Waals surface area contributed by atoms with Crippen molar-refractivity contribution < 1.29 is 28.1 Å². The summed E-state index contributed by atoms with van der Waals surface area (Å²) in [6.45, 7) is 2.33. The molecule has 0 saturated carbocycles. The fourth-order valence-corrected chi connectivity index (χ4v) is 1.41. The van der Waals surface area contributed by atoms with Crippen LogP contribution in [0.3, 0.4) is 0 Å². The molecule has 1 aliphatic heterocycles. The Morgan fingerprint density at radius 2 is 2.23 bits per heavy atom. The van der Waals surface area contributed by atoms with Crippen LogP contribution < -0.4 is 4.74 Å². The summed E-state index contributed by atoms with van der Waals surface area (Å²) in [5.74, 6) is 1.05. The number of hydrogen-bond acceptors (Lipinski definition) is 2. The van der Waals surface area contributed by atoms with E-state index >= 15 is 0 Å². The molecule has 0 bridgehead atoms. The summed E-state index contributed by atoms with van der Waals surface area (Å²) in [7, 11) is 0. The Morgan fingerprint density at radius 1 is 1.46 bits per heavy atom. The van der Waals surface area contributed by atoms with E-state index < -0.39 is 0 Å². The normalized spacial score (nSPS) is 12.7. The summed E-state index contributed by atoms with van der Waals surface area (Å²) in [5, 5.41) is 0. The molecule has 1 aromatic rings. The van der Waals surface area contributed by atoms with Crippen LogP contribution in [-0.2, 0) is 25.0 Å². The van der Waals surface area contributed by atoms with Gasteiger partial charge in [-0.05, 0) is 30.7 Å². The van der Waals surface area contributed by atoms with Crippen LogP contribution in [0.2, 0.25) is 0 Å². The Morgan fingerprint density at radius 3 is 2.92 bits per heavy atom. The van der Waals surface area contributed by atoms with Gasteiger partial charge in [-0.2, -0.15) is 0 Å². The molecule has 13 heavy (non-hydrogen) atoms. The summed E-state index contributed by atoms with van der Waals surface area (Å²) < 4.78 is 5.32. The van der Waals surface area contributed by atoms with Crippen molar-refractivity contribution in [2.75, 3.05) is 6.61 Å². The third-order valence-electron chi connectivity index (χ3n) is 2.10. The van der Waals surface area contributed by atoms with Gasteiger partial charge in [0.1, 0.15) is 5.75 Å². The molecule has 0 saturated heterocycles. The standard InChI is InChI=1S/C10H10O2.V/c1-7(11)8-2-3-10-9(6-8)4-5-12-10;/h2-3,6H,4-5H2,1H3;. The molecule has 0 spiro atoms. The Kier molecular flexibility index (Phi) is 3.18. The van der Waals surface area contributed by atoms with Gasteiger partial charge in [-0.25, -0.2) is 0 Å². The summed E-state index contributed by atoms with van der Waals surface area (Å²) in [6, 6.07) is 5.61. The SMILES string of the molecule is CC(=O)c1ccc2c(c1)CCO2.[V]. The van der Waals surface area contributed by atoms with Gasteiger partial charge in [-0.15, -0.1) is 0 Å². The van der Waals surface area contributed by atoms with Crippen LogP contribution in [0.5, 0.6) is 5.75 Å². The molecule has 2 nitrogen and oxygen atoms in total. The van der Waals surface area contributed by atoms with Crippen LogP contribution >= 0.6 is 0 Å². The molecule has 0 N–H and O–H groups in total. The minimum Gasteiger partial charge on any atom is -0.493 e. The van der Waals surface area contributed by atoms with E-state index in [0.29, 0.717) is 0 Å². The molecule has 1 aliphatic rings. The van der Waals surface area contributed by atoms with Crippen LogP contribution in [0.15, 0.2) is 18.2 Å². The van der Waals surface area contributed by atoms with E-state index in [1.807, 2.05) is 18.2 Å². The van der Waals surface area contributed by atoms with Gasteiger partial charge >= 0.3 is 0 Å². The van der Waals surface area contributed by atoms with E-state index in [1.165, 1.54) is 0 Å². The van der Waals surface area contributed by atoms with E-state index in [1.54, 1.807) is 6.92 Å². The fraction of sp³-hybridized carbons (Fsp3) is 0.300. The Balaban J connectivity index is 0.000000845. The second-order valence-electron chi connectivity index (χ2n) is 2.98. The van der Waals surface area contributed by atoms with Crippen molar-refractivity contribution in [1.29, 1.82) is 0 Å². The monoisotopic (exact) mass is 213 g/mol. The van der Waals surface area contributed by atoms with Crippen molar-refractivity contribution in [2.45, 2.75) is 13.3 Å². The van der Waals surface area contributed by atoms with E-state index in [-0.39, 0.29) is 24.3 Å². The van der Waals surface area contributed by atoms with Gasteiger partial charge < -0.3 is 4.74 Å². The van der Waals surface area contributed by atoms with Gasteiger partial charge in [0.15, 0.2) is 5.78 Å². The molecule has 0 unspecified atom stereocenters. The molecule has 0 atom stereocenters. The summed E-state index contributed by atoms with van der Waals surface area (Å²) in [4.78, 5) is 11.0. The summed E-state index contributed by atoms with van der Waals surface area (Å²) in [6.07, 6.45) is 0.927. The van der Waals surface area contributed by atoms with E-state index in [0.717, 1.165) is 29.9 Å². The topological polar surface area (TPSA) is 26.3 Å². The molecule has 67 valence electrons. The first-order valence-corrected chi connectivity index (χ1v) is 4.04. The first-order chi connectivity index (χ1) is 5.77. The third-order valence-corrected chi connectivity index (χ3v) is 2.10. The van der Waals surface area contributed by atoms with Gasteiger partial charge in [0.25, 0.3) is 0 Å². The predicted molar refractivity (Wildman–Crippen MR) is 45.6 cm³/mol. The van der Waals surface area contributed by atoms with Crippen molar-refractivity contribution in [1.82, 2.24) is 0 Å². The zero-order chi connectivity index (χ0) is 8.55. The van der Waals surface area contributed by atoms with Crippen molar-refractivity contribution >= 4 is 5.78 Å². The number of fused-ring (bicyclic) bond motifs is 1. The molecule has 0 amide bonds. The number of carbonyl (C=O) groups excluding carboxylic acids is 1. The minimum absolute atomic E-state index is 0. The first-order valence-electron chi connectivity index (χ1n) is 4.04. The van der Waals surface area contributed by atoms with E-state index in [4.69, 9.17) is 4.74 Å². The fourth-order valence-electron chi connectivity index (χ4n) is 1.41. The minimum atomic E-state index is 0. The average Bonchev–Trinajstić information content (AvgIpc) is 2.49. The third kappa shape index (κ3) is 1.95. The van der Waals surface area contributed by atoms with Crippen LogP contribution in [0, 0.1) is 0 Å². The maximum Gasteiger partial charge on any atom is 0.159 e. The van der Waals surface area contributed by atoms with Crippen LogP contribution in [-0.4, -0.2) is 12.4 Å². The molecule has 0 fully saturated rings. The zero-order valence-electron chi connectivity index (χ0n) is 7.41. The molecule has 0 aliphatic carbocycles. The van der Waals surface area contributed by atoms with Gasteiger partial charge in [0.2, 0.25) is 0 Å². The maximum atomic E-state index is 11.0. The number of ketones is 1. The van der Waals surface area contributed by atoms with Gasteiger partial charge in [-0.3, -0.25) is 4.79 Å². The molecule has 3 heteroatoms. The maximum absolute atomic E-state index is 11.0. The van der Waals surface area contributed by atoms with Gasteiger partial charge in [-0.1, -0.05) is 0 Å². The quantitative estimate of drug-likeness (QED) is 0.665. The number of benzene rings is 1. The average molecular weight is 213 g/mol. The summed E-state index contributed by atoms with van der Waals surface area (Å²) >= 11 is 0. The second-order valence-corrected chi connectivity index (χ2v) is 2.98. The van der Waals surface area contributed by atoms with Crippen molar-refractivity contribution in [3.8, 4) is 5.75 Å². The van der Waals surface area contributed by atoms with Crippen LogP contribution in [0.25, 0.3) is 0 Å². The molecule has 1 aromatic carbocycles. The van der Waals surface area contributed by atoms with Gasteiger partial charge in [0, 0.05) is 30.5 Å². The van der Waals surface area contributed by atoms with E-state index in [9.17, 15) is 4.79 Å².